The zero-order valence-electron chi connectivity index (χ0n) is 9.78. The quantitative estimate of drug-likeness (QED) is 0.543. The summed E-state index contributed by atoms with van der Waals surface area (Å²) < 4.78 is 0. The summed E-state index contributed by atoms with van der Waals surface area (Å²) >= 11 is 0. The molecule has 15 heavy (non-hydrogen) atoms. The van der Waals surface area contributed by atoms with E-state index in [-0.39, 0.29) is 0 Å². The van der Waals surface area contributed by atoms with Crippen LogP contribution in [-0.2, 0) is 0 Å². The highest BCUT2D eigenvalue weighted by molar-refractivity contribution is 4.90. The number of unbranched alkanes of at least 4 members (excludes halogenated alkanes) is 1. The van der Waals surface area contributed by atoms with E-state index in [1.54, 1.807) is 0 Å². The van der Waals surface area contributed by atoms with Crippen molar-refractivity contribution < 1.29 is 10.2 Å². The van der Waals surface area contributed by atoms with Crippen molar-refractivity contribution in [2.24, 2.45) is 5.92 Å². The van der Waals surface area contributed by atoms with Gasteiger partial charge in [0.25, 0.3) is 0 Å². The lowest BCUT2D eigenvalue weighted by Crippen LogP contribution is -2.45. The first-order chi connectivity index (χ1) is 7.08. The number of allylic oxidation sites excluding steroid dienone is 1. The molecule has 0 aromatic rings. The zero-order chi connectivity index (χ0) is 11.3. The van der Waals surface area contributed by atoms with Gasteiger partial charge in [0, 0.05) is 0 Å². The van der Waals surface area contributed by atoms with Gasteiger partial charge in [0.05, 0.1) is 11.7 Å². The molecule has 0 bridgehead atoms. The lowest BCUT2D eigenvalue weighted by molar-refractivity contribution is -0.106. The highest BCUT2D eigenvalue weighted by Crippen LogP contribution is 2.35. The van der Waals surface area contributed by atoms with Crippen molar-refractivity contribution >= 4 is 0 Å². The van der Waals surface area contributed by atoms with Gasteiger partial charge in [0.2, 0.25) is 0 Å². The van der Waals surface area contributed by atoms with Crippen LogP contribution in [0.5, 0.6) is 0 Å². The molecule has 0 aromatic heterocycles. The van der Waals surface area contributed by atoms with Crippen LogP contribution in [-0.4, -0.2) is 21.9 Å². The van der Waals surface area contributed by atoms with E-state index in [9.17, 15) is 10.2 Å². The Balaban J connectivity index is 2.36. The summed E-state index contributed by atoms with van der Waals surface area (Å²) in [4.78, 5) is 0. The predicted molar refractivity (Wildman–Crippen MR) is 62.6 cm³/mol. The van der Waals surface area contributed by atoms with E-state index in [2.05, 4.69) is 13.5 Å². The molecular weight excluding hydrogens is 188 g/mol. The first-order valence-corrected chi connectivity index (χ1v) is 6.10. The van der Waals surface area contributed by atoms with E-state index in [4.69, 9.17) is 0 Å². The van der Waals surface area contributed by atoms with Crippen molar-refractivity contribution in [1.82, 2.24) is 0 Å². The average molecular weight is 212 g/mol. The van der Waals surface area contributed by atoms with Crippen molar-refractivity contribution in [3.05, 3.63) is 12.7 Å². The second-order valence-corrected chi connectivity index (χ2v) is 5.02. The van der Waals surface area contributed by atoms with Crippen LogP contribution in [0.1, 0.15) is 51.9 Å². The highest BCUT2D eigenvalue weighted by Gasteiger charge is 2.37. The van der Waals surface area contributed by atoms with Crippen LogP contribution >= 0.6 is 0 Å². The summed E-state index contributed by atoms with van der Waals surface area (Å²) in [6, 6.07) is 0. The first kappa shape index (κ1) is 12.7. The Morgan fingerprint density at radius 2 is 2.07 bits per heavy atom. The van der Waals surface area contributed by atoms with Crippen molar-refractivity contribution in [2.75, 3.05) is 0 Å². The van der Waals surface area contributed by atoms with Gasteiger partial charge in [0.1, 0.15) is 0 Å². The molecule has 2 heteroatoms. The van der Waals surface area contributed by atoms with Crippen LogP contribution in [0, 0.1) is 5.92 Å². The number of aliphatic hydroxyl groups excluding tert-OH is 1. The van der Waals surface area contributed by atoms with Crippen LogP contribution in [0.4, 0.5) is 0 Å². The van der Waals surface area contributed by atoms with Gasteiger partial charge in [0.15, 0.2) is 0 Å². The Bertz CT molecular complexity index is 193. The third-order valence-corrected chi connectivity index (χ3v) is 3.65. The van der Waals surface area contributed by atoms with E-state index >= 15 is 0 Å². The van der Waals surface area contributed by atoms with Crippen LogP contribution in [0.15, 0.2) is 12.7 Å². The minimum absolute atomic E-state index is 0.551. The predicted octanol–water partition coefficient (Wildman–Crippen LogP) is 2.64. The van der Waals surface area contributed by atoms with Crippen LogP contribution in [0.25, 0.3) is 0 Å². The molecule has 1 aliphatic carbocycles. The average Bonchev–Trinajstić information content (AvgIpc) is 2.23. The molecule has 0 spiro atoms. The Morgan fingerprint density at radius 1 is 1.47 bits per heavy atom. The minimum Gasteiger partial charge on any atom is -0.390 e. The van der Waals surface area contributed by atoms with Crippen molar-refractivity contribution in [2.45, 2.75) is 63.6 Å². The largest absolute Gasteiger partial charge is 0.390 e. The van der Waals surface area contributed by atoms with E-state index in [0.29, 0.717) is 12.3 Å². The van der Waals surface area contributed by atoms with Crippen molar-refractivity contribution in [1.29, 1.82) is 0 Å². The molecule has 0 amide bonds. The second kappa shape index (κ2) is 5.66. The van der Waals surface area contributed by atoms with E-state index in [1.165, 1.54) is 0 Å². The van der Waals surface area contributed by atoms with Gasteiger partial charge in [-0.15, -0.1) is 6.58 Å². The molecule has 2 nitrogen and oxygen atoms in total. The number of hydrogen-bond donors (Lipinski definition) is 2. The highest BCUT2D eigenvalue weighted by atomic mass is 16.3. The van der Waals surface area contributed by atoms with Gasteiger partial charge in [-0.3, -0.25) is 0 Å². The molecule has 0 saturated heterocycles. The van der Waals surface area contributed by atoms with Gasteiger partial charge in [-0.05, 0) is 50.9 Å². The van der Waals surface area contributed by atoms with Crippen molar-refractivity contribution in [3.63, 3.8) is 0 Å². The molecule has 1 rings (SSSR count). The van der Waals surface area contributed by atoms with Gasteiger partial charge < -0.3 is 10.2 Å². The van der Waals surface area contributed by atoms with E-state index in [0.717, 1.165) is 38.5 Å². The molecule has 88 valence electrons. The van der Waals surface area contributed by atoms with Crippen LogP contribution in [0.2, 0.25) is 0 Å². The van der Waals surface area contributed by atoms with E-state index in [1.807, 2.05) is 6.08 Å². The normalized spacial score (nSPS) is 33.7. The maximum atomic E-state index is 10.3. The van der Waals surface area contributed by atoms with Crippen LogP contribution < -0.4 is 0 Å². The maximum Gasteiger partial charge on any atom is 0.0905 e. The molecule has 1 saturated carbocycles. The summed E-state index contributed by atoms with van der Waals surface area (Å²) in [6.07, 6.45) is 7.42. The van der Waals surface area contributed by atoms with Crippen molar-refractivity contribution in [3.8, 4) is 0 Å². The Kier molecular flexibility index (Phi) is 4.81. The van der Waals surface area contributed by atoms with Gasteiger partial charge in [-0.1, -0.05) is 13.0 Å². The lowest BCUT2D eigenvalue weighted by atomic mass is 9.75. The summed E-state index contributed by atoms with van der Waals surface area (Å²) in [6.45, 7) is 5.87. The molecule has 0 aliphatic heterocycles. The topological polar surface area (TPSA) is 40.5 Å². The van der Waals surface area contributed by atoms with Gasteiger partial charge in [-0.25, -0.2) is 0 Å². The monoisotopic (exact) mass is 212 g/mol. The van der Waals surface area contributed by atoms with Crippen LogP contribution in [0.3, 0.4) is 0 Å². The Hall–Kier alpha value is -0.340. The van der Waals surface area contributed by atoms with Gasteiger partial charge >= 0.3 is 0 Å². The summed E-state index contributed by atoms with van der Waals surface area (Å²) in [5, 5.41) is 20.2. The molecule has 1 aliphatic rings. The molecule has 0 heterocycles. The number of rotatable bonds is 5. The molecule has 1 atom stereocenters. The number of hydrogen-bond acceptors (Lipinski definition) is 2. The molecular formula is C13H24O2. The Morgan fingerprint density at radius 3 is 2.60 bits per heavy atom. The maximum absolute atomic E-state index is 10.3. The minimum atomic E-state index is -0.812. The lowest BCUT2D eigenvalue weighted by Gasteiger charge is -2.38. The second-order valence-electron chi connectivity index (χ2n) is 5.02. The van der Waals surface area contributed by atoms with Gasteiger partial charge in [-0.2, -0.15) is 0 Å². The smallest absolute Gasteiger partial charge is 0.0905 e. The summed E-state index contributed by atoms with van der Waals surface area (Å²) in [7, 11) is 0. The third kappa shape index (κ3) is 3.62. The standard InChI is InChI=1S/C13H24O2/c1-3-4-5-6-12(14)13(15)9-7-11(2)8-10-13/h3,11-12,14-15H,1,4-10H2,2H3. The molecule has 1 fully saturated rings. The summed E-state index contributed by atoms with van der Waals surface area (Å²) in [5.74, 6) is 0.700. The summed E-state index contributed by atoms with van der Waals surface area (Å²) in [5.41, 5.74) is -0.812. The SMILES string of the molecule is C=CCCCC(O)C1(O)CCC(C)CC1. The molecule has 0 aromatic carbocycles. The van der Waals surface area contributed by atoms with E-state index < -0.39 is 11.7 Å². The molecule has 1 unspecified atom stereocenters. The Labute approximate surface area is 93.0 Å². The molecule has 0 radical (unpaired) electrons. The zero-order valence-corrected chi connectivity index (χ0v) is 9.78. The fourth-order valence-corrected chi connectivity index (χ4v) is 2.32. The fourth-order valence-electron chi connectivity index (χ4n) is 2.32. The fraction of sp³-hybridized carbons (Fsp3) is 0.846. The first-order valence-electron chi connectivity index (χ1n) is 6.10. The molecule has 2 N–H and O–H groups in total. The third-order valence-electron chi connectivity index (χ3n) is 3.65. The number of aliphatic hydroxyl groups is 2.